The fourth-order valence-electron chi connectivity index (χ4n) is 2.97. The first-order valence-electron chi connectivity index (χ1n) is 10.1. The summed E-state index contributed by atoms with van der Waals surface area (Å²) in [6.45, 7) is 11.0. The number of carbonyl (C=O) groups excluding carboxylic acids is 1. The van der Waals surface area contributed by atoms with E-state index in [0.717, 1.165) is 49.7 Å². The molecule has 0 saturated heterocycles. The van der Waals surface area contributed by atoms with Gasteiger partial charge in [-0.3, -0.25) is 4.79 Å². The van der Waals surface area contributed by atoms with Crippen LogP contribution in [0.15, 0.2) is 35.4 Å². The van der Waals surface area contributed by atoms with Crippen LogP contribution in [0, 0.1) is 0 Å². The summed E-state index contributed by atoms with van der Waals surface area (Å²) in [6, 6.07) is 3.65. The summed E-state index contributed by atoms with van der Waals surface area (Å²) in [6.07, 6.45) is 9.76. The predicted molar refractivity (Wildman–Crippen MR) is 114 cm³/mol. The second-order valence-electron chi connectivity index (χ2n) is 7.45. The number of carbonyl (C=O) groups is 1. The summed E-state index contributed by atoms with van der Waals surface area (Å²) in [5, 5.41) is 10.4. The van der Waals surface area contributed by atoms with Crippen molar-refractivity contribution >= 4 is 5.78 Å². The van der Waals surface area contributed by atoms with Gasteiger partial charge in [0, 0.05) is 5.56 Å². The number of phenolic OH excluding ortho intramolecular Hbond substituents is 1. The van der Waals surface area contributed by atoms with Crippen molar-refractivity contribution in [2.24, 2.45) is 0 Å². The lowest BCUT2D eigenvalue weighted by molar-refractivity contribution is 0.0805. The van der Waals surface area contributed by atoms with E-state index in [-0.39, 0.29) is 12.4 Å². The largest absolute Gasteiger partial charge is 0.507 e. The first-order valence-corrected chi connectivity index (χ1v) is 10.1. The quantitative estimate of drug-likeness (QED) is 0.270. The van der Waals surface area contributed by atoms with Crippen LogP contribution in [0.3, 0.4) is 0 Å². The van der Waals surface area contributed by atoms with Crippen LogP contribution in [0.2, 0.25) is 0 Å². The SMILES string of the molecule is CCCc1cc(C(=O)COC/C=C(\C)CCC=C(C)C)cc(CCC)c1O. The van der Waals surface area contributed by atoms with Gasteiger partial charge in [0.25, 0.3) is 0 Å². The van der Waals surface area contributed by atoms with E-state index in [2.05, 4.69) is 40.7 Å². The maximum atomic E-state index is 12.5. The molecule has 3 heteroatoms. The molecule has 0 unspecified atom stereocenters. The first-order chi connectivity index (χ1) is 12.9. The molecule has 150 valence electrons. The minimum Gasteiger partial charge on any atom is -0.507 e. The molecule has 0 atom stereocenters. The van der Waals surface area contributed by atoms with Crippen LogP contribution < -0.4 is 0 Å². The third kappa shape index (κ3) is 8.57. The normalized spacial score (nSPS) is 11.5. The highest BCUT2D eigenvalue weighted by molar-refractivity contribution is 5.97. The van der Waals surface area contributed by atoms with Crippen LogP contribution in [-0.2, 0) is 17.6 Å². The minimum absolute atomic E-state index is 0.0275. The van der Waals surface area contributed by atoms with E-state index in [0.29, 0.717) is 17.9 Å². The number of rotatable bonds is 12. The molecule has 0 saturated carbocycles. The standard InChI is InChI=1S/C24H36O3/c1-6-9-20-15-22(16-21(10-7-2)24(20)26)23(25)17-27-14-13-19(5)12-8-11-18(3)4/h11,13,15-16,26H,6-10,12,14,17H2,1-5H3/b19-13+. The van der Waals surface area contributed by atoms with E-state index in [1.54, 1.807) is 0 Å². The molecular weight excluding hydrogens is 336 g/mol. The number of ketones is 1. The van der Waals surface area contributed by atoms with Crippen LogP contribution in [0.4, 0.5) is 0 Å². The molecule has 1 rings (SSSR count). The zero-order valence-electron chi connectivity index (χ0n) is 17.7. The van der Waals surface area contributed by atoms with Gasteiger partial charge in [0.15, 0.2) is 5.78 Å². The highest BCUT2D eigenvalue weighted by atomic mass is 16.5. The molecule has 0 aromatic heterocycles. The molecule has 0 radical (unpaired) electrons. The van der Waals surface area contributed by atoms with Gasteiger partial charge in [0.2, 0.25) is 0 Å². The van der Waals surface area contributed by atoms with Gasteiger partial charge in [-0.1, -0.05) is 50.0 Å². The summed E-state index contributed by atoms with van der Waals surface area (Å²) in [7, 11) is 0. The smallest absolute Gasteiger partial charge is 0.188 e. The van der Waals surface area contributed by atoms with Crippen molar-refractivity contribution in [2.45, 2.75) is 73.1 Å². The number of Topliss-reactive ketones (excluding diaryl/α,β-unsaturated/α-hetero) is 1. The topological polar surface area (TPSA) is 46.5 Å². The van der Waals surface area contributed by atoms with Gasteiger partial charge in [-0.05, 0) is 69.7 Å². The van der Waals surface area contributed by atoms with Crippen molar-refractivity contribution < 1.29 is 14.6 Å². The Morgan fingerprint density at radius 2 is 1.63 bits per heavy atom. The van der Waals surface area contributed by atoms with Gasteiger partial charge in [-0.15, -0.1) is 0 Å². The van der Waals surface area contributed by atoms with Crippen molar-refractivity contribution in [3.05, 3.63) is 52.1 Å². The van der Waals surface area contributed by atoms with Crippen LogP contribution in [0.5, 0.6) is 5.75 Å². The monoisotopic (exact) mass is 372 g/mol. The fraction of sp³-hybridized carbons (Fsp3) is 0.542. The van der Waals surface area contributed by atoms with E-state index in [4.69, 9.17) is 4.74 Å². The Balaban J connectivity index is 2.65. The van der Waals surface area contributed by atoms with Gasteiger partial charge >= 0.3 is 0 Å². The maximum Gasteiger partial charge on any atom is 0.188 e. The van der Waals surface area contributed by atoms with Gasteiger partial charge in [-0.2, -0.15) is 0 Å². The molecule has 27 heavy (non-hydrogen) atoms. The molecule has 1 N–H and O–H groups in total. The van der Waals surface area contributed by atoms with Crippen molar-refractivity contribution in [2.75, 3.05) is 13.2 Å². The van der Waals surface area contributed by atoms with Crippen molar-refractivity contribution in [3.63, 3.8) is 0 Å². The Kier molecular flexibility index (Phi) is 10.7. The van der Waals surface area contributed by atoms with Crippen LogP contribution in [0.25, 0.3) is 0 Å². The van der Waals surface area contributed by atoms with Gasteiger partial charge in [0.05, 0.1) is 6.61 Å². The number of ether oxygens (including phenoxy) is 1. The molecule has 0 aliphatic heterocycles. The van der Waals surface area contributed by atoms with Crippen molar-refractivity contribution in [3.8, 4) is 5.75 Å². The lowest BCUT2D eigenvalue weighted by Gasteiger charge is -2.12. The van der Waals surface area contributed by atoms with E-state index < -0.39 is 0 Å². The molecule has 1 aromatic carbocycles. The third-order valence-corrected chi connectivity index (χ3v) is 4.50. The second-order valence-corrected chi connectivity index (χ2v) is 7.45. The molecule has 0 bridgehead atoms. The third-order valence-electron chi connectivity index (χ3n) is 4.50. The Labute approximate surface area is 165 Å². The molecule has 1 aromatic rings. The number of phenols is 1. The van der Waals surface area contributed by atoms with Crippen LogP contribution in [0.1, 0.15) is 81.8 Å². The van der Waals surface area contributed by atoms with Gasteiger partial charge in [0.1, 0.15) is 12.4 Å². The zero-order valence-corrected chi connectivity index (χ0v) is 17.7. The highest BCUT2D eigenvalue weighted by Crippen LogP contribution is 2.27. The average Bonchev–Trinajstić information content (AvgIpc) is 2.61. The average molecular weight is 373 g/mol. The number of aryl methyl sites for hydroxylation is 2. The molecule has 0 aliphatic rings. The van der Waals surface area contributed by atoms with Crippen molar-refractivity contribution in [1.82, 2.24) is 0 Å². The zero-order chi connectivity index (χ0) is 20.2. The van der Waals surface area contributed by atoms with E-state index in [1.807, 2.05) is 18.2 Å². The summed E-state index contributed by atoms with van der Waals surface area (Å²) in [5.74, 6) is 0.325. The first kappa shape index (κ1) is 23.2. The fourth-order valence-corrected chi connectivity index (χ4v) is 2.97. The Bertz CT molecular complexity index is 637. The van der Waals surface area contributed by atoms with E-state index >= 15 is 0 Å². The Hall–Kier alpha value is -1.87. The maximum absolute atomic E-state index is 12.5. The number of benzene rings is 1. The number of aromatic hydroxyl groups is 1. The number of allylic oxidation sites excluding steroid dienone is 3. The van der Waals surface area contributed by atoms with Crippen molar-refractivity contribution in [1.29, 1.82) is 0 Å². The van der Waals surface area contributed by atoms with Gasteiger partial charge in [-0.25, -0.2) is 0 Å². The summed E-state index contributed by atoms with van der Waals surface area (Å²) in [4.78, 5) is 12.5. The summed E-state index contributed by atoms with van der Waals surface area (Å²) >= 11 is 0. The number of hydrogen-bond donors (Lipinski definition) is 1. The molecule has 0 heterocycles. The summed E-state index contributed by atoms with van der Waals surface area (Å²) in [5.41, 5.74) is 4.98. The molecular formula is C24H36O3. The molecule has 0 amide bonds. The molecule has 0 spiro atoms. The Morgan fingerprint density at radius 3 is 2.15 bits per heavy atom. The molecule has 0 aliphatic carbocycles. The van der Waals surface area contributed by atoms with E-state index in [1.165, 1.54) is 11.1 Å². The Morgan fingerprint density at radius 1 is 1.04 bits per heavy atom. The van der Waals surface area contributed by atoms with Gasteiger partial charge < -0.3 is 9.84 Å². The highest BCUT2D eigenvalue weighted by Gasteiger charge is 2.14. The second kappa shape index (κ2) is 12.5. The minimum atomic E-state index is -0.0275. The summed E-state index contributed by atoms with van der Waals surface area (Å²) < 4.78 is 5.57. The molecule has 3 nitrogen and oxygen atoms in total. The lowest BCUT2D eigenvalue weighted by atomic mass is 9.96. The lowest BCUT2D eigenvalue weighted by Crippen LogP contribution is -2.10. The predicted octanol–water partition coefficient (Wildman–Crippen LogP) is 6.19. The molecule has 0 fully saturated rings. The van der Waals surface area contributed by atoms with Crippen LogP contribution >= 0.6 is 0 Å². The van der Waals surface area contributed by atoms with E-state index in [9.17, 15) is 9.90 Å². The number of hydrogen-bond acceptors (Lipinski definition) is 3. The van der Waals surface area contributed by atoms with Crippen LogP contribution in [-0.4, -0.2) is 24.1 Å².